The maximum absolute atomic E-state index is 5.64. The maximum atomic E-state index is 5.64. The largest absolute Gasteiger partial charge is 0.490 e. The molecule has 0 spiro atoms. The van der Waals surface area contributed by atoms with E-state index in [1.165, 1.54) is 5.69 Å². The van der Waals surface area contributed by atoms with Gasteiger partial charge >= 0.3 is 0 Å². The molecule has 1 aromatic rings. The zero-order valence-corrected chi connectivity index (χ0v) is 10.8. The third-order valence-electron chi connectivity index (χ3n) is 2.47. The van der Waals surface area contributed by atoms with E-state index >= 15 is 0 Å². The fraction of sp³-hybridized carbons (Fsp3) is 0.500. The summed E-state index contributed by atoms with van der Waals surface area (Å²) in [5, 5.41) is 0. The predicted octanol–water partition coefficient (Wildman–Crippen LogP) is 3.30. The molecule has 0 unspecified atom stereocenters. The topological polar surface area (TPSA) is 12.5 Å². The zero-order chi connectivity index (χ0) is 10.8. The summed E-state index contributed by atoms with van der Waals surface area (Å²) in [4.78, 5) is 2.40. The first-order valence-electron chi connectivity index (χ1n) is 5.34. The Kier molecular flexibility index (Phi) is 3.19. The van der Waals surface area contributed by atoms with Crippen molar-refractivity contribution in [1.82, 2.24) is 0 Å². The quantitative estimate of drug-likeness (QED) is 0.817. The number of anilines is 1. The summed E-state index contributed by atoms with van der Waals surface area (Å²) in [7, 11) is 0. The highest BCUT2D eigenvalue weighted by Gasteiger charge is 2.18. The average Bonchev–Trinajstić information content (AvgIpc) is 2.16. The molecule has 0 saturated heterocycles. The molecule has 82 valence electrons. The lowest BCUT2D eigenvalue weighted by atomic mass is 10.1. The molecule has 1 aliphatic rings. The monoisotopic (exact) mass is 269 g/mol. The Hall–Kier alpha value is -0.700. The molecule has 0 atom stereocenters. The van der Waals surface area contributed by atoms with Gasteiger partial charge in [-0.15, -0.1) is 0 Å². The highest BCUT2D eigenvalue weighted by Crippen LogP contribution is 2.34. The van der Waals surface area contributed by atoms with Crippen molar-refractivity contribution < 1.29 is 4.74 Å². The molecule has 15 heavy (non-hydrogen) atoms. The van der Waals surface area contributed by atoms with Gasteiger partial charge in [0.05, 0.1) is 12.2 Å². The zero-order valence-electron chi connectivity index (χ0n) is 9.16. The van der Waals surface area contributed by atoms with Gasteiger partial charge in [-0.1, -0.05) is 29.8 Å². The summed E-state index contributed by atoms with van der Waals surface area (Å²) in [6.07, 6.45) is 0. The van der Waals surface area contributed by atoms with E-state index in [2.05, 4.69) is 46.8 Å². The SMILES string of the molecule is CC(C)CN1CCOc2cc(Br)ccc21. The van der Waals surface area contributed by atoms with E-state index in [4.69, 9.17) is 4.74 Å². The fourth-order valence-corrected chi connectivity index (χ4v) is 2.22. The average molecular weight is 270 g/mol. The van der Waals surface area contributed by atoms with Crippen LogP contribution in [0.3, 0.4) is 0 Å². The van der Waals surface area contributed by atoms with Gasteiger partial charge in [-0.05, 0) is 24.1 Å². The number of hydrogen-bond acceptors (Lipinski definition) is 2. The minimum Gasteiger partial charge on any atom is -0.490 e. The molecule has 0 bridgehead atoms. The van der Waals surface area contributed by atoms with Crippen LogP contribution in [0.4, 0.5) is 5.69 Å². The summed E-state index contributed by atoms with van der Waals surface area (Å²) in [6, 6.07) is 6.24. The molecule has 0 amide bonds. The van der Waals surface area contributed by atoms with Gasteiger partial charge in [0.1, 0.15) is 12.4 Å². The number of hydrogen-bond donors (Lipinski definition) is 0. The molecule has 0 aromatic heterocycles. The van der Waals surface area contributed by atoms with E-state index in [1.807, 2.05) is 6.07 Å². The summed E-state index contributed by atoms with van der Waals surface area (Å²) >= 11 is 3.46. The smallest absolute Gasteiger partial charge is 0.143 e. The molecule has 0 radical (unpaired) electrons. The molecule has 3 heteroatoms. The summed E-state index contributed by atoms with van der Waals surface area (Å²) in [5.74, 6) is 1.68. The molecular formula is C12H16BrNO. The lowest BCUT2D eigenvalue weighted by Gasteiger charge is -2.32. The Morgan fingerprint density at radius 2 is 2.27 bits per heavy atom. The standard InChI is InChI=1S/C12H16BrNO/c1-9(2)8-14-5-6-15-12-7-10(13)3-4-11(12)14/h3-4,7,9H,5-6,8H2,1-2H3. The van der Waals surface area contributed by atoms with Crippen molar-refractivity contribution in [1.29, 1.82) is 0 Å². The van der Waals surface area contributed by atoms with Crippen molar-refractivity contribution in [2.75, 3.05) is 24.6 Å². The fourth-order valence-electron chi connectivity index (χ4n) is 1.88. The van der Waals surface area contributed by atoms with E-state index in [-0.39, 0.29) is 0 Å². The van der Waals surface area contributed by atoms with Gasteiger partial charge in [0.2, 0.25) is 0 Å². The van der Waals surface area contributed by atoms with Crippen molar-refractivity contribution in [2.24, 2.45) is 5.92 Å². The van der Waals surface area contributed by atoms with Gasteiger partial charge in [0.25, 0.3) is 0 Å². The first kappa shape index (κ1) is 10.8. The van der Waals surface area contributed by atoms with Crippen molar-refractivity contribution in [3.8, 4) is 5.75 Å². The number of benzene rings is 1. The van der Waals surface area contributed by atoms with E-state index in [0.29, 0.717) is 5.92 Å². The molecule has 0 saturated carbocycles. The van der Waals surface area contributed by atoms with Crippen LogP contribution in [-0.4, -0.2) is 19.7 Å². The third kappa shape index (κ3) is 2.46. The Morgan fingerprint density at radius 3 is 3.00 bits per heavy atom. The number of halogens is 1. The van der Waals surface area contributed by atoms with Crippen LogP contribution < -0.4 is 9.64 Å². The van der Waals surface area contributed by atoms with E-state index < -0.39 is 0 Å². The van der Waals surface area contributed by atoms with Crippen molar-refractivity contribution in [3.63, 3.8) is 0 Å². The molecule has 1 aliphatic heterocycles. The summed E-state index contributed by atoms with van der Waals surface area (Å²) in [5.41, 5.74) is 1.22. The maximum Gasteiger partial charge on any atom is 0.143 e. The molecule has 0 fully saturated rings. The second kappa shape index (κ2) is 4.44. The van der Waals surface area contributed by atoms with Crippen molar-refractivity contribution in [3.05, 3.63) is 22.7 Å². The number of nitrogens with zero attached hydrogens (tertiary/aromatic N) is 1. The second-order valence-corrected chi connectivity index (χ2v) is 5.22. The van der Waals surface area contributed by atoms with Gasteiger partial charge in [0, 0.05) is 11.0 Å². The van der Waals surface area contributed by atoms with Gasteiger partial charge in [-0.2, -0.15) is 0 Å². The van der Waals surface area contributed by atoms with Crippen LogP contribution in [0.1, 0.15) is 13.8 Å². The second-order valence-electron chi connectivity index (χ2n) is 4.30. The molecule has 0 aliphatic carbocycles. The number of ether oxygens (including phenoxy) is 1. The number of rotatable bonds is 2. The Morgan fingerprint density at radius 1 is 1.47 bits per heavy atom. The van der Waals surface area contributed by atoms with E-state index in [0.717, 1.165) is 29.9 Å². The van der Waals surface area contributed by atoms with Crippen molar-refractivity contribution in [2.45, 2.75) is 13.8 Å². The predicted molar refractivity (Wildman–Crippen MR) is 66.7 cm³/mol. The van der Waals surface area contributed by atoms with E-state index in [1.54, 1.807) is 0 Å². The van der Waals surface area contributed by atoms with Gasteiger partial charge in [0.15, 0.2) is 0 Å². The molecular weight excluding hydrogens is 254 g/mol. The van der Waals surface area contributed by atoms with Crippen LogP contribution in [-0.2, 0) is 0 Å². The minimum atomic E-state index is 0.680. The van der Waals surface area contributed by atoms with Gasteiger partial charge in [-0.3, -0.25) is 0 Å². The molecule has 2 nitrogen and oxygen atoms in total. The van der Waals surface area contributed by atoms with Gasteiger partial charge in [-0.25, -0.2) is 0 Å². The lowest BCUT2D eigenvalue weighted by molar-refractivity contribution is 0.304. The Bertz CT molecular complexity index is 351. The molecule has 1 aromatic carbocycles. The molecule has 1 heterocycles. The van der Waals surface area contributed by atoms with Crippen LogP contribution in [0.5, 0.6) is 5.75 Å². The summed E-state index contributed by atoms with van der Waals surface area (Å²) in [6.45, 7) is 7.36. The van der Waals surface area contributed by atoms with Crippen LogP contribution in [0, 0.1) is 5.92 Å². The third-order valence-corrected chi connectivity index (χ3v) is 2.96. The van der Waals surface area contributed by atoms with Gasteiger partial charge < -0.3 is 9.64 Å². The molecule has 0 N–H and O–H groups in total. The van der Waals surface area contributed by atoms with Crippen LogP contribution in [0.15, 0.2) is 22.7 Å². The van der Waals surface area contributed by atoms with Crippen LogP contribution in [0.2, 0.25) is 0 Å². The van der Waals surface area contributed by atoms with E-state index in [9.17, 15) is 0 Å². The highest BCUT2D eigenvalue weighted by atomic mass is 79.9. The first-order chi connectivity index (χ1) is 7.16. The first-order valence-corrected chi connectivity index (χ1v) is 6.13. The number of fused-ring (bicyclic) bond motifs is 1. The Labute approximate surface area is 99.4 Å². The lowest BCUT2D eigenvalue weighted by Crippen LogP contribution is -2.35. The van der Waals surface area contributed by atoms with Crippen LogP contribution in [0.25, 0.3) is 0 Å². The minimum absolute atomic E-state index is 0.680. The highest BCUT2D eigenvalue weighted by molar-refractivity contribution is 9.10. The van der Waals surface area contributed by atoms with Crippen molar-refractivity contribution >= 4 is 21.6 Å². The summed E-state index contributed by atoms with van der Waals surface area (Å²) < 4.78 is 6.72. The normalized spacial score (nSPS) is 15.1. The molecule has 2 rings (SSSR count). The Balaban J connectivity index is 2.26. The van der Waals surface area contributed by atoms with Crippen LogP contribution >= 0.6 is 15.9 Å².